The second-order valence-corrected chi connectivity index (χ2v) is 5.56. The number of benzene rings is 1. The Bertz CT molecular complexity index is 542. The Morgan fingerprint density at radius 3 is 2.68 bits per heavy atom. The van der Waals surface area contributed by atoms with Gasteiger partial charge in [-0.05, 0) is 24.6 Å². The van der Waals surface area contributed by atoms with Crippen LogP contribution < -0.4 is 15.4 Å². The number of urea groups is 2. The number of ether oxygens (including phenoxy) is 1. The van der Waals surface area contributed by atoms with Crippen molar-refractivity contribution in [3.63, 3.8) is 0 Å². The fourth-order valence-corrected chi connectivity index (χ4v) is 2.27. The van der Waals surface area contributed by atoms with Crippen LogP contribution in [0.25, 0.3) is 0 Å². The molecular weight excluding hydrogens is 286 g/mol. The van der Waals surface area contributed by atoms with Crippen LogP contribution in [0.2, 0.25) is 0 Å². The Hall–Kier alpha value is -2.28. The zero-order chi connectivity index (χ0) is 16.2. The van der Waals surface area contributed by atoms with Gasteiger partial charge >= 0.3 is 12.1 Å². The summed E-state index contributed by atoms with van der Waals surface area (Å²) in [5, 5.41) is 15.5. The molecule has 0 bridgehead atoms. The summed E-state index contributed by atoms with van der Waals surface area (Å²) in [5.74, 6) is 0.747. The van der Waals surface area contributed by atoms with Crippen molar-refractivity contribution < 1.29 is 19.4 Å². The van der Waals surface area contributed by atoms with E-state index in [9.17, 15) is 14.7 Å². The highest BCUT2D eigenvalue weighted by Gasteiger charge is 2.28. The summed E-state index contributed by atoms with van der Waals surface area (Å²) in [5.41, 5.74) is -0.181. The highest BCUT2D eigenvalue weighted by atomic mass is 16.5. The number of nitrogens with one attached hydrogen (secondary N) is 2. The average Bonchev–Trinajstić information content (AvgIpc) is 2.91. The molecule has 1 aliphatic heterocycles. The van der Waals surface area contributed by atoms with E-state index in [-0.39, 0.29) is 6.54 Å². The molecular formula is C15H21N3O4. The average molecular weight is 307 g/mol. The van der Waals surface area contributed by atoms with E-state index in [4.69, 9.17) is 4.74 Å². The Balaban J connectivity index is 1.87. The first-order valence-electron chi connectivity index (χ1n) is 7.10. The van der Waals surface area contributed by atoms with E-state index in [1.807, 2.05) is 24.3 Å². The molecule has 0 aliphatic carbocycles. The van der Waals surface area contributed by atoms with E-state index in [1.54, 1.807) is 14.0 Å². The molecule has 120 valence electrons. The molecule has 22 heavy (non-hydrogen) atoms. The lowest BCUT2D eigenvalue weighted by Gasteiger charge is -2.25. The molecule has 4 amide bonds. The number of methoxy groups -OCH3 is 1. The Kier molecular flexibility index (Phi) is 4.87. The largest absolute Gasteiger partial charge is 0.497 e. The normalized spacial score (nSPS) is 16.9. The number of carbonyl (C=O) groups is 2. The van der Waals surface area contributed by atoms with Gasteiger partial charge in [-0.2, -0.15) is 0 Å². The van der Waals surface area contributed by atoms with E-state index < -0.39 is 17.7 Å². The van der Waals surface area contributed by atoms with Crippen LogP contribution >= 0.6 is 0 Å². The van der Waals surface area contributed by atoms with Gasteiger partial charge < -0.3 is 20.5 Å². The Morgan fingerprint density at radius 2 is 2.14 bits per heavy atom. The van der Waals surface area contributed by atoms with Crippen LogP contribution in [0.5, 0.6) is 5.75 Å². The molecule has 1 aromatic rings. The van der Waals surface area contributed by atoms with Gasteiger partial charge in [-0.1, -0.05) is 12.1 Å². The maximum Gasteiger partial charge on any atom is 0.325 e. The van der Waals surface area contributed by atoms with E-state index in [0.29, 0.717) is 19.5 Å². The molecule has 1 atom stereocenters. The first-order chi connectivity index (χ1) is 10.4. The third-order valence-electron chi connectivity index (χ3n) is 3.47. The summed E-state index contributed by atoms with van der Waals surface area (Å²) in [6, 6.07) is 6.46. The number of aliphatic hydroxyl groups is 1. The van der Waals surface area contributed by atoms with Gasteiger partial charge in [0.25, 0.3) is 0 Å². The molecule has 0 saturated carbocycles. The summed E-state index contributed by atoms with van der Waals surface area (Å²) in [4.78, 5) is 24.3. The molecule has 1 aromatic carbocycles. The van der Waals surface area contributed by atoms with E-state index in [2.05, 4.69) is 10.6 Å². The maximum absolute atomic E-state index is 11.9. The Morgan fingerprint density at radius 1 is 1.45 bits per heavy atom. The van der Waals surface area contributed by atoms with E-state index >= 15 is 0 Å². The molecule has 3 N–H and O–H groups in total. The molecule has 0 aromatic heterocycles. The monoisotopic (exact) mass is 307 g/mol. The molecule has 1 unspecified atom stereocenters. The lowest BCUT2D eigenvalue weighted by molar-refractivity contribution is 0.0612. The van der Waals surface area contributed by atoms with E-state index in [0.717, 1.165) is 16.2 Å². The molecule has 7 heteroatoms. The SMILES string of the molecule is COc1ccc(CC(C)(O)CNC(=O)N2CCNC2=O)cc1. The van der Waals surface area contributed by atoms with Gasteiger partial charge in [-0.15, -0.1) is 0 Å². The van der Waals surface area contributed by atoms with Crippen LogP contribution in [0.1, 0.15) is 12.5 Å². The third-order valence-corrected chi connectivity index (χ3v) is 3.47. The minimum absolute atomic E-state index is 0.0572. The predicted octanol–water partition coefficient (Wildman–Crippen LogP) is 0.723. The minimum atomic E-state index is -1.11. The number of hydrogen-bond acceptors (Lipinski definition) is 4. The fraction of sp³-hybridized carbons (Fsp3) is 0.467. The first-order valence-corrected chi connectivity index (χ1v) is 7.10. The van der Waals surface area contributed by atoms with Crippen molar-refractivity contribution in [2.24, 2.45) is 0 Å². The zero-order valence-electron chi connectivity index (χ0n) is 12.8. The van der Waals surface area contributed by atoms with E-state index in [1.165, 1.54) is 0 Å². The van der Waals surface area contributed by atoms with Crippen LogP contribution in [0.3, 0.4) is 0 Å². The molecule has 0 radical (unpaired) electrons. The van der Waals surface area contributed by atoms with Crippen molar-refractivity contribution in [3.05, 3.63) is 29.8 Å². The number of rotatable bonds is 5. The van der Waals surface area contributed by atoms with Gasteiger partial charge in [0.1, 0.15) is 5.75 Å². The van der Waals surface area contributed by atoms with Gasteiger partial charge in [0.2, 0.25) is 0 Å². The van der Waals surface area contributed by atoms with Crippen molar-refractivity contribution >= 4 is 12.1 Å². The van der Waals surface area contributed by atoms with Gasteiger partial charge in [-0.25, -0.2) is 14.5 Å². The lowest BCUT2D eigenvalue weighted by atomic mass is 9.96. The molecule has 1 fully saturated rings. The van der Waals surface area contributed by atoms with Crippen molar-refractivity contribution in [2.75, 3.05) is 26.7 Å². The number of nitrogens with zero attached hydrogens (tertiary/aromatic N) is 1. The van der Waals surface area contributed by atoms with Crippen molar-refractivity contribution in [1.29, 1.82) is 0 Å². The van der Waals surface area contributed by atoms with Crippen LogP contribution in [-0.4, -0.2) is 54.4 Å². The van der Waals surface area contributed by atoms with Crippen LogP contribution in [0.15, 0.2) is 24.3 Å². The maximum atomic E-state index is 11.9. The zero-order valence-corrected chi connectivity index (χ0v) is 12.8. The standard InChI is InChI=1S/C15H21N3O4/c1-15(21,9-11-3-5-12(22-2)6-4-11)10-17-14(20)18-8-7-16-13(18)19/h3-6,21H,7-10H2,1-2H3,(H,16,19)(H,17,20). The van der Waals surface area contributed by atoms with Crippen molar-refractivity contribution in [3.8, 4) is 5.75 Å². The van der Waals surface area contributed by atoms with Gasteiger partial charge in [0, 0.05) is 26.1 Å². The van der Waals surface area contributed by atoms with Crippen LogP contribution in [0.4, 0.5) is 9.59 Å². The lowest BCUT2D eigenvalue weighted by Crippen LogP contribution is -2.48. The molecule has 1 aliphatic rings. The van der Waals surface area contributed by atoms with Gasteiger partial charge in [0.15, 0.2) is 0 Å². The second kappa shape index (κ2) is 6.65. The topological polar surface area (TPSA) is 90.9 Å². The molecule has 0 spiro atoms. The molecule has 1 saturated heterocycles. The molecule has 2 rings (SSSR count). The summed E-state index contributed by atoms with van der Waals surface area (Å²) >= 11 is 0. The third kappa shape index (κ3) is 4.11. The number of imide groups is 1. The summed E-state index contributed by atoms with van der Waals surface area (Å²) in [6.07, 6.45) is 0.378. The van der Waals surface area contributed by atoms with Crippen LogP contribution in [0, 0.1) is 0 Å². The van der Waals surface area contributed by atoms with Crippen molar-refractivity contribution in [1.82, 2.24) is 15.5 Å². The smallest absolute Gasteiger partial charge is 0.325 e. The number of carbonyl (C=O) groups excluding carboxylic acids is 2. The summed E-state index contributed by atoms with van der Waals surface area (Å²) < 4.78 is 5.08. The fourth-order valence-electron chi connectivity index (χ4n) is 2.27. The highest BCUT2D eigenvalue weighted by Crippen LogP contribution is 2.16. The Labute approximate surface area is 129 Å². The molecule has 7 nitrogen and oxygen atoms in total. The van der Waals surface area contributed by atoms with Crippen LogP contribution in [-0.2, 0) is 6.42 Å². The minimum Gasteiger partial charge on any atom is -0.497 e. The number of hydrogen-bond donors (Lipinski definition) is 3. The summed E-state index contributed by atoms with van der Waals surface area (Å²) in [6.45, 7) is 2.49. The first kappa shape index (κ1) is 16.1. The quantitative estimate of drug-likeness (QED) is 0.748. The number of amides is 4. The summed E-state index contributed by atoms with van der Waals surface area (Å²) in [7, 11) is 1.59. The van der Waals surface area contributed by atoms with Gasteiger partial charge in [-0.3, -0.25) is 0 Å². The predicted molar refractivity (Wildman–Crippen MR) is 80.8 cm³/mol. The molecule has 1 heterocycles. The van der Waals surface area contributed by atoms with Gasteiger partial charge in [0.05, 0.1) is 12.7 Å². The van der Waals surface area contributed by atoms with Crippen molar-refractivity contribution in [2.45, 2.75) is 18.9 Å². The second-order valence-electron chi connectivity index (χ2n) is 5.56. The highest BCUT2D eigenvalue weighted by molar-refractivity contribution is 5.94.